The number of carbonyl (C=O) groups excluding carboxylic acids is 1. The van der Waals surface area contributed by atoms with Crippen LogP contribution in [0, 0.1) is 0 Å². The van der Waals surface area contributed by atoms with Gasteiger partial charge in [-0.1, -0.05) is 31.2 Å². The van der Waals surface area contributed by atoms with Crippen LogP contribution in [0.2, 0.25) is 0 Å². The van der Waals surface area contributed by atoms with E-state index in [0.29, 0.717) is 11.4 Å². The Kier molecular flexibility index (Phi) is 8.76. The maximum Gasteiger partial charge on any atom is 0.321 e. The van der Waals surface area contributed by atoms with Crippen LogP contribution in [-0.2, 0) is 6.54 Å². The van der Waals surface area contributed by atoms with Gasteiger partial charge < -0.3 is 21.7 Å². The molecule has 10 heteroatoms. The maximum absolute atomic E-state index is 12.5. The molecule has 0 spiro atoms. The summed E-state index contributed by atoms with van der Waals surface area (Å²) in [6.45, 7) is 5.93. The highest BCUT2D eigenvalue weighted by Gasteiger charge is 2.17. The van der Waals surface area contributed by atoms with E-state index in [1.54, 1.807) is 0 Å². The van der Waals surface area contributed by atoms with Gasteiger partial charge in [0.15, 0.2) is 0 Å². The van der Waals surface area contributed by atoms with Crippen molar-refractivity contribution >= 4 is 17.8 Å². The fourth-order valence-electron chi connectivity index (χ4n) is 3.34. The molecule has 2 amide bonds. The minimum Gasteiger partial charge on any atom is -0.387 e. The summed E-state index contributed by atoms with van der Waals surface area (Å²) in [7, 11) is 0. The Morgan fingerprint density at radius 1 is 1.31 bits per heavy atom. The van der Waals surface area contributed by atoms with Crippen molar-refractivity contribution in [3.05, 3.63) is 46.4 Å². The normalized spacial score (nSPS) is 16.2. The van der Waals surface area contributed by atoms with Gasteiger partial charge in [0, 0.05) is 38.3 Å². The van der Waals surface area contributed by atoms with Gasteiger partial charge in [0.1, 0.15) is 0 Å². The zero-order valence-corrected chi connectivity index (χ0v) is 18.4. The lowest BCUT2D eigenvalue weighted by Gasteiger charge is -2.12. The quantitative estimate of drug-likeness (QED) is 0.185. The molecule has 1 atom stereocenters. The van der Waals surface area contributed by atoms with Crippen molar-refractivity contribution in [2.24, 2.45) is 10.7 Å². The van der Waals surface area contributed by atoms with Crippen LogP contribution in [0.1, 0.15) is 31.7 Å². The molecule has 2 heterocycles. The number of H-pyrrole nitrogens is 1. The third-order valence-corrected chi connectivity index (χ3v) is 5.21. The molecule has 7 N–H and O–H groups in total. The van der Waals surface area contributed by atoms with Crippen molar-refractivity contribution in [3.63, 3.8) is 0 Å². The Bertz CT molecular complexity index is 965. The Labute approximate surface area is 187 Å². The molecule has 1 aromatic carbocycles. The molecule has 1 aromatic heterocycles. The lowest BCUT2D eigenvalue weighted by atomic mass is 10.1. The van der Waals surface area contributed by atoms with Crippen LogP contribution < -0.4 is 32.6 Å². The van der Waals surface area contributed by atoms with Gasteiger partial charge in [-0.3, -0.25) is 20.1 Å². The van der Waals surface area contributed by atoms with Gasteiger partial charge in [-0.25, -0.2) is 9.78 Å². The number of benzene rings is 1. The molecule has 3 rings (SSSR count). The molecule has 1 fully saturated rings. The first-order valence-corrected chi connectivity index (χ1v) is 11.0. The number of rotatable bonds is 10. The van der Waals surface area contributed by atoms with Crippen LogP contribution in [0.5, 0.6) is 0 Å². The monoisotopic (exact) mass is 440 g/mol. The zero-order valence-electron chi connectivity index (χ0n) is 18.4. The standard InChI is InChI=1S/C22H32N8O2/c1-2-19(23)26-10-3-9-24-12-15-4-6-16(7-5-15)18-14-27-21(29-20(18)31)30-22(32)28-17-8-11-25-13-17/h4-7,14,17,24-25H,2-3,8-13H2,1H3,(H2,23,26)(H3,27,28,29,30,31,32). The number of carbonyl (C=O) groups is 1. The molecule has 1 unspecified atom stereocenters. The fourth-order valence-corrected chi connectivity index (χ4v) is 3.34. The van der Waals surface area contributed by atoms with E-state index in [2.05, 4.69) is 36.2 Å². The minimum atomic E-state index is -0.382. The van der Waals surface area contributed by atoms with Crippen molar-refractivity contribution < 1.29 is 4.79 Å². The average molecular weight is 441 g/mol. The Morgan fingerprint density at radius 2 is 2.12 bits per heavy atom. The second kappa shape index (κ2) is 12.0. The molecule has 0 aliphatic carbocycles. The number of hydrogen-bond donors (Lipinski definition) is 6. The number of aliphatic imine (C=N–C) groups is 1. The third-order valence-electron chi connectivity index (χ3n) is 5.21. The largest absolute Gasteiger partial charge is 0.387 e. The number of amidine groups is 1. The highest BCUT2D eigenvalue weighted by atomic mass is 16.2. The van der Waals surface area contributed by atoms with Gasteiger partial charge in [0.25, 0.3) is 5.56 Å². The lowest BCUT2D eigenvalue weighted by Crippen LogP contribution is -2.39. The number of nitrogens with one attached hydrogen (secondary N) is 5. The molecule has 0 radical (unpaired) electrons. The van der Waals surface area contributed by atoms with E-state index in [4.69, 9.17) is 5.73 Å². The highest BCUT2D eigenvalue weighted by Crippen LogP contribution is 2.16. The Hall–Kier alpha value is -3.24. The molecule has 1 aliphatic rings. The summed E-state index contributed by atoms with van der Waals surface area (Å²) in [5.74, 6) is 0.812. The van der Waals surface area contributed by atoms with Crippen molar-refractivity contribution in [2.75, 3.05) is 31.5 Å². The van der Waals surface area contributed by atoms with Gasteiger partial charge in [-0.15, -0.1) is 0 Å². The van der Waals surface area contributed by atoms with Gasteiger partial charge in [0.05, 0.1) is 11.4 Å². The first kappa shape index (κ1) is 23.4. The van der Waals surface area contributed by atoms with Crippen molar-refractivity contribution in [3.8, 4) is 11.1 Å². The lowest BCUT2D eigenvalue weighted by molar-refractivity contribution is 0.249. The van der Waals surface area contributed by atoms with Gasteiger partial charge in [-0.2, -0.15) is 0 Å². The number of urea groups is 1. The van der Waals surface area contributed by atoms with Crippen LogP contribution in [-0.4, -0.2) is 54.1 Å². The van der Waals surface area contributed by atoms with E-state index in [1.807, 2.05) is 31.2 Å². The van der Waals surface area contributed by atoms with Crippen LogP contribution in [0.4, 0.5) is 10.7 Å². The number of aromatic nitrogens is 2. The van der Waals surface area contributed by atoms with Gasteiger partial charge in [0.2, 0.25) is 5.95 Å². The fraction of sp³-hybridized carbons (Fsp3) is 0.455. The molecule has 0 bridgehead atoms. The SMILES string of the molecule is CCC(N)=NCCCNCc1ccc(-c2cnc(NC(=O)NC3CCNC3)[nH]c2=O)cc1. The second-order valence-electron chi connectivity index (χ2n) is 7.72. The summed E-state index contributed by atoms with van der Waals surface area (Å²) in [6.07, 6.45) is 4.06. The van der Waals surface area contributed by atoms with E-state index < -0.39 is 0 Å². The third kappa shape index (κ3) is 7.17. The van der Waals surface area contributed by atoms with Crippen LogP contribution in [0.25, 0.3) is 11.1 Å². The number of hydrogen-bond acceptors (Lipinski definition) is 6. The second-order valence-corrected chi connectivity index (χ2v) is 7.72. The highest BCUT2D eigenvalue weighted by molar-refractivity contribution is 5.87. The molecule has 1 aliphatic heterocycles. The van der Waals surface area contributed by atoms with Crippen LogP contribution in [0.3, 0.4) is 0 Å². The van der Waals surface area contributed by atoms with E-state index in [9.17, 15) is 9.59 Å². The molecule has 10 nitrogen and oxygen atoms in total. The summed E-state index contributed by atoms with van der Waals surface area (Å²) in [5.41, 5.74) is 7.71. The minimum absolute atomic E-state index is 0.0855. The molecule has 0 saturated carbocycles. The molecule has 32 heavy (non-hydrogen) atoms. The van der Waals surface area contributed by atoms with Gasteiger partial charge >= 0.3 is 6.03 Å². The van der Waals surface area contributed by atoms with E-state index >= 15 is 0 Å². The van der Waals surface area contributed by atoms with Crippen molar-refractivity contribution in [2.45, 2.75) is 38.8 Å². The first-order valence-electron chi connectivity index (χ1n) is 11.0. The number of aromatic amines is 1. The van der Waals surface area contributed by atoms with E-state index in [1.165, 1.54) is 6.20 Å². The maximum atomic E-state index is 12.5. The number of amides is 2. The average Bonchev–Trinajstić information content (AvgIpc) is 3.29. The number of nitrogens with zero attached hydrogens (tertiary/aromatic N) is 2. The molecular formula is C22H32N8O2. The first-order chi connectivity index (χ1) is 15.5. The summed E-state index contributed by atoms with van der Waals surface area (Å²) >= 11 is 0. The topological polar surface area (TPSA) is 149 Å². The molecular weight excluding hydrogens is 408 g/mol. The number of nitrogens with two attached hydrogens (primary N) is 1. The summed E-state index contributed by atoms with van der Waals surface area (Å²) in [6, 6.07) is 7.44. The van der Waals surface area contributed by atoms with E-state index in [-0.39, 0.29) is 23.6 Å². The van der Waals surface area contributed by atoms with Crippen molar-refractivity contribution in [1.82, 2.24) is 25.9 Å². The smallest absolute Gasteiger partial charge is 0.321 e. The summed E-state index contributed by atoms with van der Waals surface area (Å²) in [4.78, 5) is 35.6. The predicted molar refractivity (Wildman–Crippen MR) is 127 cm³/mol. The van der Waals surface area contributed by atoms with Crippen LogP contribution >= 0.6 is 0 Å². The Morgan fingerprint density at radius 3 is 2.81 bits per heavy atom. The molecule has 2 aromatic rings. The van der Waals surface area contributed by atoms with Crippen molar-refractivity contribution in [1.29, 1.82) is 0 Å². The van der Waals surface area contributed by atoms with E-state index in [0.717, 1.165) is 63.1 Å². The molecule has 172 valence electrons. The zero-order chi connectivity index (χ0) is 22.8. The van der Waals surface area contributed by atoms with Gasteiger partial charge in [-0.05, 0) is 37.1 Å². The predicted octanol–water partition coefficient (Wildman–Crippen LogP) is 1.17. The number of anilines is 1. The van der Waals surface area contributed by atoms with Crippen LogP contribution in [0.15, 0.2) is 40.2 Å². The molecule has 1 saturated heterocycles. The summed E-state index contributed by atoms with van der Waals surface area (Å²) < 4.78 is 0. The Balaban J connectivity index is 1.48. The summed E-state index contributed by atoms with van der Waals surface area (Å²) in [5, 5.41) is 12.0.